The molecule has 0 atom stereocenters. The van der Waals surface area contributed by atoms with E-state index in [9.17, 15) is 0 Å². The van der Waals surface area contributed by atoms with E-state index < -0.39 is 0 Å². The maximum absolute atomic E-state index is 8.37. The van der Waals surface area contributed by atoms with Gasteiger partial charge in [0.15, 0.2) is 0 Å². The molecular weight excluding hydrogens is 148 g/mol. The molecule has 0 rings (SSSR count). The van der Waals surface area contributed by atoms with Crippen LogP contribution in [0, 0.1) is 22.7 Å². The molecule has 0 aromatic carbocycles. The molecule has 0 amide bonds. The first-order valence-corrected chi connectivity index (χ1v) is 3.97. The molecule has 0 aromatic rings. The molecule has 0 aromatic heterocycles. The van der Waals surface area contributed by atoms with Crippen molar-refractivity contribution in [3.05, 3.63) is 23.8 Å². The number of hydrogen-bond acceptors (Lipinski definition) is 2. The molecule has 0 bridgehead atoms. The van der Waals surface area contributed by atoms with Gasteiger partial charge in [0.1, 0.15) is 0 Å². The minimum absolute atomic E-state index is 0.842. The molecule has 0 N–H and O–H groups in total. The van der Waals surface area contributed by atoms with Crippen LogP contribution in [-0.2, 0) is 0 Å². The lowest BCUT2D eigenvalue weighted by Gasteiger charge is -1.97. The maximum atomic E-state index is 8.37. The van der Waals surface area contributed by atoms with Crippen LogP contribution >= 0.6 is 0 Å². The summed E-state index contributed by atoms with van der Waals surface area (Å²) >= 11 is 0. The summed E-state index contributed by atoms with van der Waals surface area (Å²) in [4.78, 5) is 0. The van der Waals surface area contributed by atoms with E-state index >= 15 is 0 Å². The second-order valence-electron chi connectivity index (χ2n) is 2.36. The van der Waals surface area contributed by atoms with E-state index in [-0.39, 0.29) is 0 Å². The molecule has 0 fully saturated rings. The van der Waals surface area contributed by atoms with Gasteiger partial charge in [0, 0.05) is 12.2 Å². The van der Waals surface area contributed by atoms with Crippen molar-refractivity contribution in [2.45, 2.75) is 26.2 Å². The van der Waals surface area contributed by atoms with E-state index in [0.29, 0.717) is 0 Å². The van der Waals surface area contributed by atoms with Crippen LogP contribution in [0.1, 0.15) is 26.2 Å². The highest BCUT2D eigenvalue weighted by Crippen LogP contribution is 2.08. The number of hydrogen-bond donors (Lipinski definition) is 0. The lowest BCUT2D eigenvalue weighted by Crippen LogP contribution is -1.79. The van der Waals surface area contributed by atoms with Crippen LogP contribution in [0.4, 0.5) is 0 Å². The van der Waals surface area contributed by atoms with Crippen molar-refractivity contribution in [3.63, 3.8) is 0 Å². The lowest BCUT2D eigenvalue weighted by atomic mass is 10.1. The Bertz CT molecular complexity index is 248. The van der Waals surface area contributed by atoms with Gasteiger partial charge in [-0.05, 0) is 19.3 Å². The van der Waals surface area contributed by atoms with Crippen molar-refractivity contribution >= 4 is 0 Å². The minimum atomic E-state index is 0.842. The van der Waals surface area contributed by atoms with Gasteiger partial charge in [-0.1, -0.05) is 18.6 Å². The Morgan fingerprint density at radius 1 is 1.33 bits per heavy atom. The second-order valence-corrected chi connectivity index (χ2v) is 2.36. The van der Waals surface area contributed by atoms with E-state index in [1.54, 1.807) is 6.08 Å². The number of rotatable bonds is 4. The molecule has 62 valence electrons. The first kappa shape index (κ1) is 10.5. The fraction of sp³-hybridized carbons (Fsp3) is 0.400. The molecule has 0 unspecified atom stereocenters. The van der Waals surface area contributed by atoms with Crippen molar-refractivity contribution in [3.8, 4) is 12.1 Å². The van der Waals surface area contributed by atoms with Crippen molar-refractivity contribution in [1.29, 1.82) is 10.5 Å². The van der Waals surface area contributed by atoms with Crippen LogP contribution in [0.3, 0.4) is 0 Å². The molecule has 0 saturated carbocycles. The monoisotopic (exact) mass is 160 g/mol. The van der Waals surface area contributed by atoms with Gasteiger partial charge in [-0.3, -0.25) is 0 Å². The normalized spacial score (nSPS) is 11.1. The Hall–Kier alpha value is -1.54. The van der Waals surface area contributed by atoms with Gasteiger partial charge in [0.25, 0.3) is 0 Å². The minimum Gasteiger partial charge on any atom is -0.193 e. The van der Waals surface area contributed by atoms with E-state index in [2.05, 4.69) is 0 Å². The Morgan fingerprint density at radius 2 is 2.08 bits per heavy atom. The van der Waals surface area contributed by atoms with Gasteiger partial charge >= 0.3 is 0 Å². The van der Waals surface area contributed by atoms with Gasteiger partial charge < -0.3 is 0 Å². The maximum Gasteiger partial charge on any atom is 0.0911 e. The van der Waals surface area contributed by atoms with E-state index in [4.69, 9.17) is 10.5 Å². The molecule has 0 heterocycles. The molecule has 2 nitrogen and oxygen atoms in total. The van der Waals surface area contributed by atoms with Crippen molar-refractivity contribution in [2.24, 2.45) is 0 Å². The van der Waals surface area contributed by atoms with Crippen LogP contribution < -0.4 is 0 Å². The predicted molar refractivity (Wildman–Crippen MR) is 48.0 cm³/mol. The summed E-state index contributed by atoms with van der Waals surface area (Å²) in [5.41, 5.74) is 1.14. The quantitative estimate of drug-likeness (QED) is 0.593. The number of allylic oxidation sites excluding steroid dienone is 4. The van der Waals surface area contributed by atoms with Crippen LogP contribution in [-0.4, -0.2) is 0 Å². The summed E-state index contributed by atoms with van der Waals surface area (Å²) in [6.07, 6.45) is 7.51. The predicted octanol–water partition coefficient (Wildman–Crippen LogP) is 2.71. The molecule has 0 aliphatic heterocycles. The first-order valence-electron chi connectivity index (χ1n) is 3.97. The second kappa shape index (κ2) is 7.57. The zero-order valence-corrected chi connectivity index (χ0v) is 7.25. The van der Waals surface area contributed by atoms with Gasteiger partial charge in [-0.2, -0.15) is 10.5 Å². The third-order valence-electron chi connectivity index (χ3n) is 1.55. The van der Waals surface area contributed by atoms with Crippen LogP contribution in [0.15, 0.2) is 23.8 Å². The molecule has 0 aliphatic rings. The molecular formula is C10H12N2. The third-order valence-corrected chi connectivity index (χ3v) is 1.55. The summed E-state index contributed by atoms with van der Waals surface area (Å²) in [5, 5.41) is 16.6. The van der Waals surface area contributed by atoms with Gasteiger partial charge in [-0.25, -0.2) is 0 Å². The van der Waals surface area contributed by atoms with E-state index in [0.717, 1.165) is 24.8 Å². The smallest absolute Gasteiger partial charge is 0.0911 e. The topological polar surface area (TPSA) is 47.6 Å². The zero-order valence-electron chi connectivity index (χ0n) is 7.25. The fourth-order valence-corrected chi connectivity index (χ4v) is 0.847. The van der Waals surface area contributed by atoms with Crippen molar-refractivity contribution in [2.75, 3.05) is 0 Å². The average Bonchev–Trinajstić information content (AvgIpc) is 2.10. The van der Waals surface area contributed by atoms with Crippen LogP contribution in [0.25, 0.3) is 0 Å². The van der Waals surface area contributed by atoms with Gasteiger partial charge in [0.05, 0.1) is 12.1 Å². The molecule has 2 heteroatoms. The lowest BCUT2D eigenvalue weighted by molar-refractivity contribution is 0.909. The number of nitrogens with zero attached hydrogens (tertiary/aromatic N) is 2. The van der Waals surface area contributed by atoms with Gasteiger partial charge in [-0.15, -0.1) is 0 Å². The Kier molecular flexibility index (Phi) is 6.59. The van der Waals surface area contributed by atoms with Crippen LogP contribution in [0.2, 0.25) is 0 Å². The molecule has 0 spiro atoms. The Balaban J connectivity index is 3.77. The molecule has 0 aliphatic carbocycles. The Labute approximate surface area is 73.4 Å². The molecule has 12 heavy (non-hydrogen) atoms. The summed E-state index contributed by atoms with van der Waals surface area (Å²) in [6, 6.07) is 3.93. The zero-order chi connectivity index (χ0) is 9.23. The standard InChI is InChI=1S/C10H12N2/c1-2-10(7-9-12)6-4-3-5-8-11/h3,5,7H,2,4,6H2,1H3. The highest BCUT2D eigenvalue weighted by Gasteiger charge is 1.90. The average molecular weight is 160 g/mol. The first-order chi connectivity index (χ1) is 5.85. The fourth-order valence-electron chi connectivity index (χ4n) is 0.847. The van der Waals surface area contributed by atoms with E-state index in [1.807, 2.05) is 25.1 Å². The highest BCUT2D eigenvalue weighted by molar-refractivity contribution is 5.14. The van der Waals surface area contributed by atoms with Crippen molar-refractivity contribution in [1.82, 2.24) is 0 Å². The van der Waals surface area contributed by atoms with Crippen LogP contribution in [0.5, 0.6) is 0 Å². The van der Waals surface area contributed by atoms with E-state index in [1.165, 1.54) is 6.08 Å². The van der Waals surface area contributed by atoms with Gasteiger partial charge in [0.2, 0.25) is 0 Å². The highest BCUT2D eigenvalue weighted by atomic mass is 14.2. The molecule has 0 radical (unpaired) electrons. The largest absolute Gasteiger partial charge is 0.193 e. The summed E-state index contributed by atoms with van der Waals surface area (Å²) in [6.45, 7) is 2.02. The summed E-state index contributed by atoms with van der Waals surface area (Å²) < 4.78 is 0. The summed E-state index contributed by atoms with van der Waals surface area (Å²) in [5.74, 6) is 0. The third kappa shape index (κ3) is 5.26. The Morgan fingerprint density at radius 3 is 2.58 bits per heavy atom. The summed E-state index contributed by atoms with van der Waals surface area (Å²) in [7, 11) is 0. The molecule has 0 saturated heterocycles. The SMILES string of the molecule is CCC(=CC#N)CCC=CC#N. The van der Waals surface area contributed by atoms with Crippen molar-refractivity contribution < 1.29 is 0 Å². The number of nitriles is 2.